The number of ketones is 1. The number of benzene rings is 2. The van der Waals surface area contributed by atoms with E-state index in [0.29, 0.717) is 17.1 Å². The van der Waals surface area contributed by atoms with Crippen molar-refractivity contribution >= 4 is 5.78 Å². The van der Waals surface area contributed by atoms with Crippen molar-refractivity contribution in [1.82, 2.24) is 0 Å². The Labute approximate surface area is 117 Å². The maximum absolute atomic E-state index is 13.9. The number of methoxy groups -OCH3 is 1. The smallest absolute Gasteiger partial charge is 0.169 e. The van der Waals surface area contributed by atoms with Crippen LogP contribution in [0.15, 0.2) is 36.4 Å². The van der Waals surface area contributed by atoms with E-state index in [2.05, 4.69) is 0 Å². The molecule has 2 aromatic rings. The van der Waals surface area contributed by atoms with Gasteiger partial charge in [0.1, 0.15) is 0 Å². The van der Waals surface area contributed by atoms with Gasteiger partial charge in [-0.2, -0.15) is 0 Å². The second-order valence-corrected chi connectivity index (χ2v) is 4.46. The molecule has 0 aliphatic heterocycles. The van der Waals surface area contributed by atoms with Crippen LogP contribution in [0.3, 0.4) is 0 Å². The highest BCUT2D eigenvalue weighted by atomic mass is 19.1. The fourth-order valence-corrected chi connectivity index (χ4v) is 1.78. The molecule has 2 rings (SSSR count). The molecule has 3 nitrogen and oxygen atoms in total. The lowest BCUT2D eigenvalue weighted by molar-refractivity contribution is 0.101. The van der Waals surface area contributed by atoms with E-state index in [0.717, 1.165) is 5.56 Å². The first-order valence-electron chi connectivity index (χ1n) is 6.14. The van der Waals surface area contributed by atoms with E-state index in [9.17, 15) is 9.18 Å². The molecule has 0 heterocycles. The van der Waals surface area contributed by atoms with Crippen LogP contribution >= 0.6 is 0 Å². The minimum atomic E-state index is -0.583. The Hall–Kier alpha value is -2.36. The fourth-order valence-electron chi connectivity index (χ4n) is 1.78. The molecule has 0 bridgehead atoms. The molecule has 2 aromatic carbocycles. The molecule has 0 spiro atoms. The molecule has 0 saturated carbocycles. The number of halogens is 1. The van der Waals surface area contributed by atoms with Crippen molar-refractivity contribution in [3.8, 4) is 17.2 Å². The molecule has 0 saturated heterocycles. The van der Waals surface area contributed by atoms with Crippen molar-refractivity contribution in [2.75, 3.05) is 7.11 Å². The Kier molecular flexibility index (Phi) is 4.03. The highest BCUT2D eigenvalue weighted by molar-refractivity contribution is 5.94. The number of carbonyl (C=O) groups excluding carboxylic acids is 1. The monoisotopic (exact) mass is 274 g/mol. The van der Waals surface area contributed by atoms with Crippen LogP contribution in [0, 0.1) is 12.7 Å². The lowest BCUT2D eigenvalue weighted by Crippen LogP contribution is -1.96. The van der Waals surface area contributed by atoms with E-state index in [1.54, 1.807) is 12.1 Å². The van der Waals surface area contributed by atoms with Crippen LogP contribution in [0.25, 0.3) is 0 Å². The Bertz CT molecular complexity index is 650. The summed E-state index contributed by atoms with van der Waals surface area (Å²) in [6.45, 7) is 3.31. The van der Waals surface area contributed by atoms with Gasteiger partial charge in [-0.25, -0.2) is 4.39 Å². The minimum absolute atomic E-state index is 0.0529. The first-order chi connectivity index (χ1) is 9.51. The van der Waals surface area contributed by atoms with E-state index in [4.69, 9.17) is 9.47 Å². The Balaban J connectivity index is 2.33. The first kappa shape index (κ1) is 14.1. The van der Waals surface area contributed by atoms with Crippen molar-refractivity contribution in [3.63, 3.8) is 0 Å². The molecule has 0 amide bonds. The van der Waals surface area contributed by atoms with Crippen molar-refractivity contribution < 1.29 is 18.7 Å². The topological polar surface area (TPSA) is 35.5 Å². The Morgan fingerprint density at radius 1 is 1.05 bits per heavy atom. The summed E-state index contributed by atoms with van der Waals surface area (Å²) in [6, 6.07) is 9.49. The zero-order valence-electron chi connectivity index (χ0n) is 11.6. The maximum Gasteiger partial charge on any atom is 0.169 e. The minimum Gasteiger partial charge on any atom is -0.493 e. The molecule has 0 aliphatic rings. The fraction of sp³-hybridized carbons (Fsp3) is 0.188. The third kappa shape index (κ3) is 2.96. The van der Waals surface area contributed by atoms with Crippen molar-refractivity contribution in [2.45, 2.75) is 13.8 Å². The van der Waals surface area contributed by atoms with Gasteiger partial charge in [-0.05, 0) is 49.7 Å². The summed E-state index contributed by atoms with van der Waals surface area (Å²) in [5.41, 5.74) is 1.33. The summed E-state index contributed by atoms with van der Waals surface area (Å²) >= 11 is 0. The third-order valence-corrected chi connectivity index (χ3v) is 2.88. The summed E-state index contributed by atoms with van der Waals surface area (Å²) in [4.78, 5) is 11.2. The van der Waals surface area contributed by atoms with Gasteiger partial charge in [-0.3, -0.25) is 4.79 Å². The number of hydrogen-bond donors (Lipinski definition) is 0. The lowest BCUT2D eigenvalue weighted by atomic mass is 10.1. The summed E-state index contributed by atoms with van der Waals surface area (Å²) in [5, 5.41) is 0. The largest absolute Gasteiger partial charge is 0.493 e. The quantitative estimate of drug-likeness (QED) is 0.786. The number of ether oxygens (including phenoxy) is 2. The van der Waals surface area contributed by atoms with Crippen LogP contribution in [0.4, 0.5) is 4.39 Å². The van der Waals surface area contributed by atoms with Gasteiger partial charge in [-0.1, -0.05) is 6.07 Å². The SMILES string of the molecule is COc1cc(C)ccc1Oc1ccc(C(C)=O)cc1F. The molecule has 0 radical (unpaired) electrons. The maximum atomic E-state index is 13.9. The third-order valence-electron chi connectivity index (χ3n) is 2.88. The molecule has 104 valence electrons. The molecule has 0 atom stereocenters. The first-order valence-corrected chi connectivity index (χ1v) is 6.14. The Morgan fingerprint density at radius 2 is 1.75 bits per heavy atom. The van der Waals surface area contributed by atoms with Gasteiger partial charge in [0.15, 0.2) is 28.8 Å². The molecular formula is C16H15FO3. The number of Topliss-reactive ketones (excluding diaryl/α,β-unsaturated/α-hetero) is 1. The molecule has 0 aliphatic carbocycles. The highest BCUT2D eigenvalue weighted by Gasteiger charge is 2.11. The number of carbonyl (C=O) groups is 1. The van der Waals surface area contributed by atoms with Crippen LogP contribution in [0.1, 0.15) is 22.8 Å². The van der Waals surface area contributed by atoms with Crippen LogP contribution in [-0.4, -0.2) is 12.9 Å². The lowest BCUT2D eigenvalue weighted by Gasteiger charge is -2.11. The Morgan fingerprint density at radius 3 is 2.35 bits per heavy atom. The number of aryl methyl sites for hydroxylation is 1. The molecule has 0 aromatic heterocycles. The highest BCUT2D eigenvalue weighted by Crippen LogP contribution is 2.33. The van der Waals surface area contributed by atoms with Gasteiger partial charge < -0.3 is 9.47 Å². The zero-order valence-corrected chi connectivity index (χ0v) is 11.6. The predicted molar refractivity (Wildman–Crippen MR) is 74.2 cm³/mol. The van der Waals surface area contributed by atoms with Crippen LogP contribution in [0.2, 0.25) is 0 Å². The molecule has 4 heteroatoms. The van der Waals surface area contributed by atoms with E-state index in [1.165, 1.54) is 32.2 Å². The van der Waals surface area contributed by atoms with Gasteiger partial charge in [0.25, 0.3) is 0 Å². The summed E-state index contributed by atoms with van der Waals surface area (Å²) in [7, 11) is 1.52. The van der Waals surface area contributed by atoms with Crippen LogP contribution in [0.5, 0.6) is 17.2 Å². The van der Waals surface area contributed by atoms with Gasteiger partial charge in [-0.15, -0.1) is 0 Å². The zero-order chi connectivity index (χ0) is 14.7. The summed E-state index contributed by atoms with van der Waals surface area (Å²) in [5.74, 6) is 0.230. The average Bonchev–Trinajstić information content (AvgIpc) is 2.42. The van der Waals surface area contributed by atoms with Gasteiger partial charge >= 0.3 is 0 Å². The summed E-state index contributed by atoms with van der Waals surface area (Å²) < 4.78 is 24.6. The predicted octanol–water partition coefficient (Wildman–Crippen LogP) is 4.14. The van der Waals surface area contributed by atoms with Crippen molar-refractivity contribution in [3.05, 3.63) is 53.3 Å². The van der Waals surface area contributed by atoms with E-state index >= 15 is 0 Å². The van der Waals surface area contributed by atoms with E-state index in [-0.39, 0.29) is 11.5 Å². The second-order valence-electron chi connectivity index (χ2n) is 4.46. The summed E-state index contributed by atoms with van der Waals surface area (Å²) in [6.07, 6.45) is 0. The average molecular weight is 274 g/mol. The van der Waals surface area contributed by atoms with E-state index in [1.807, 2.05) is 13.0 Å². The van der Waals surface area contributed by atoms with Crippen molar-refractivity contribution in [2.24, 2.45) is 0 Å². The molecular weight excluding hydrogens is 259 g/mol. The number of rotatable bonds is 4. The molecule has 20 heavy (non-hydrogen) atoms. The van der Waals surface area contributed by atoms with Crippen LogP contribution in [-0.2, 0) is 0 Å². The molecule has 0 N–H and O–H groups in total. The van der Waals surface area contributed by atoms with Gasteiger partial charge in [0, 0.05) is 5.56 Å². The van der Waals surface area contributed by atoms with Gasteiger partial charge in [0.05, 0.1) is 7.11 Å². The van der Waals surface area contributed by atoms with Crippen LogP contribution < -0.4 is 9.47 Å². The molecule has 0 unspecified atom stereocenters. The standard InChI is InChI=1S/C16H15FO3/c1-10-4-6-15(16(8-10)19-3)20-14-7-5-12(11(2)18)9-13(14)17/h4-9H,1-3H3. The van der Waals surface area contributed by atoms with E-state index < -0.39 is 5.82 Å². The van der Waals surface area contributed by atoms with Gasteiger partial charge in [0.2, 0.25) is 0 Å². The van der Waals surface area contributed by atoms with Crippen molar-refractivity contribution in [1.29, 1.82) is 0 Å². The second kappa shape index (κ2) is 5.74. The normalized spacial score (nSPS) is 10.2. The number of hydrogen-bond acceptors (Lipinski definition) is 3. The molecule has 0 fully saturated rings.